The van der Waals surface area contributed by atoms with Crippen LogP contribution < -0.4 is 14.8 Å². The molecule has 4 rings (SSSR count). The molecule has 0 unspecified atom stereocenters. The Morgan fingerprint density at radius 2 is 1.89 bits per heavy atom. The van der Waals surface area contributed by atoms with Gasteiger partial charge in [0.25, 0.3) is 5.91 Å². The Hall–Kier alpha value is -3.24. The van der Waals surface area contributed by atoms with Gasteiger partial charge in [0.2, 0.25) is 0 Å². The first-order valence-corrected chi connectivity index (χ1v) is 13.5. The van der Waals surface area contributed by atoms with Crippen LogP contribution in [0.1, 0.15) is 37.9 Å². The number of anilines is 1. The van der Waals surface area contributed by atoms with Gasteiger partial charge in [-0.2, -0.15) is 0 Å². The fourth-order valence-corrected chi connectivity index (χ4v) is 5.34. The molecule has 0 bridgehead atoms. The molecule has 0 saturated carbocycles. The minimum atomic E-state index is -0.435. The maximum Gasteiger partial charge on any atom is 0.338 e. The molecule has 2 aromatic carbocycles. The van der Waals surface area contributed by atoms with E-state index in [2.05, 4.69) is 26.2 Å². The minimum Gasteiger partial charge on any atom is -0.490 e. The number of nitrogens with one attached hydrogen (secondary N) is 1. The average molecular weight is 587 g/mol. The summed E-state index contributed by atoms with van der Waals surface area (Å²) in [6.45, 7) is 7.87. The monoisotopic (exact) mass is 585 g/mol. The second kappa shape index (κ2) is 11.9. The number of esters is 1. The summed E-state index contributed by atoms with van der Waals surface area (Å²) in [5.74, 6) is 0.222. The van der Waals surface area contributed by atoms with E-state index in [9.17, 15) is 9.59 Å². The van der Waals surface area contributed by atoms with Crippen molar-refractivity contribution in [1.82, 2.24) is 4.90 Å². The number of carbonyl (C=O) groups excluding carboxylic acids is 2. The number of fused-ring (bicyclic) bond motifs is 1. The predicted octanol–water partition coefficient (Wildman–Crippen LogP) is 5.94. The first kappa shape index (κ1) is 26.8. The van der Waals surface area contributed by atoms with Gasteiger partial charge in [0.15, 0.2) is 23.3 Å². The van der Waals surface area contributed by atoms with Gasteiger partial charge >= 0.3 is 5.97 Å². The van der Waals surface area contributed by atoms with Crippen LogP contribution in [0.5, 0.6) is 11.5 Å². The lowest BCUT2D eigenvalue weighted by Crippen LogP contribution is -2.34. The van der Waals surface area contributed by atoms with Crippen molar-refractivity contribution in [3.8, 4) is 11.5 Å². The van der Waals surface area contributed by atoms with Crippen molar-refractivity contribution < 1.29 is 23.8 Å². The van der Waals surface area contributed by atoms with E-state index in [-0.39, 0.29) is 19.1 Å². The van der Waals surface area contributed by atoms with Gasteiger partial charge in [0.05, 0.1) is 30.5 Å². The molecule has 2 heterocycles. The molecule has 2 aromatic rings. The molecule has 37 heavy (non-hydrogen) atoms. The summed E-state index contributed by atoms with van der Waals surface area (Å²) in [7, 11) is 0. The van der Waals surface area contributed by atoms with Gasteiger partial charge in [-0.1, -0.05) is 33.8 Å². The number of allylic oxidation sites excluding steroid dienone is 1. The number of halogens is 1. The number of thioether (sulfide) groups is 1. The predicted molar refractivity (Wildman–Crippen MR) is 149 cm³/mol. The van der Waals surface area contributed by atoms with E-state index < -0.39 is 12.0 Å². The van der Waals surface area contributed by atoms with E-state index >= 15 is 0 Å². The second-order valence-electron chi connectivity index (χ2n) is 8.26. The molecule has 194 valence electrons. The Labute approximate surface area is 228 Å². The quantitative estimate of drug-likeness (QED) is 0.364. The third-order valence-corrected chi connectivity index (χ3v) is 6.98. The SMILES string of the molecule is CCOC(=O)C1=C(C)N=C2SC=CN2[C@@H]1c1ccc(OCC(=O)Nc2ccc(Br)cc2C)c(OCC)c1. The lowest BCUT2D eigenvalue weighted by atomic mass is 9.94. The highest BCUT2D eigenvalue weighted by molar-refractivity contribution is 9.10. The summed E-state index contributed by atoms with van der Waals surface area (Å²) in [6, 6.07) is 10.7. The molecule has 2 aliphatic heterocycles. The summed E-state index contributed by atoms with van der Waals surface area (Å²) in [4.78, 5) is 32.0. The van der Waals surface area contributed by atoms with Crippen molar-refractivity contribution in [2.75, 3.05) is 25.1 Å². The number of aryl methyl sites for hydroxylation is 1. The van der Waals surface area contributed by atoms with Gasteiger partial charge < -0.3 is 24.4 Å². The van der Waals surface area contributed by atoms with Crippen LogP contribution in [0.25, 0.3) is 0 Å². The van der Waals surface area contributed by atoms with Crippen LogP contribution in [0.15, 0.2) is 68.7 Å². The van der Waals surface area contributed by atoms with Crippen molar-refractivity contribution in [2.24, 2.45) is 4.99 Å². The number of hydrogen-bond acceptors (Lipinski definition) is 8. The Morgan fingerprint density at radius 1 is 1.08 bits per heavy atom. The topological polar surface area (TPSA) is 89.5 Å². The number of rotatable bonds is 9. The number of amidine groups is 1. The van der Waals surface area contributed by atoms with Crippen molar-refractivity contribution in [2.45, 2.75) is 33.7 Å². The molecule has 10 heteroatoms. The van der Waals surface area contributed by atoms with Gasteiger partial charge in [-0.15, -0.1) is 0 Å². The van der Waals surface area contributed by atoms with Crippen LogP contribution in [-0.4, -0.2) is 41.8 Å². The van der Waals surface area contributed by atoms with Crippen LogP contribution in [0.3, 0.4) is 0 Å². The first-order chi connectivity index (χ1) is 17.8. The Bertz CT molecular complexity index is 1310. The fraction of sp³-hybridized carbons (Fsp3) is 0.296. The number of benzene rings is 2. The average Bonchev–Trinajstić information content (AvgIpc) is 3.32. The van der Waals surface area contributed by atoms with Crippen molar-refractivity contribution in [1.29, 1.82) is 0 Å². The highest BCUT2D eigenvalue weighted by Crippen LogP contribution is 2.43. The van der Waals surface area contributed by atoms with Crippen molar-refractivity contribution in [3.63, 3.8) is 0 Å². The molecule has 1 N–H and O–H groups in total. The standard InChI is InChI=1S/C27H28BrN3O5S/c1-5-34-22-14-18(25-24(26(33)35-6-2)17(4)29-27-31(25)11-12-37-27)7-10-21(22)36-15-23(32)30-20-9-8-19(28)13-16(20)3/h7-14,25H,5-6,15H2,1-4H3,(H,30,32)/t25-/m1/s1. The molecular formula is C27H28BrN3O5S. The maximum absolute atomic E-state index is 12.9. The molecule has 1 amide bonds. The van der Waals surface area contributed by atoms with Gasteiger partial charge in [0.1, 0.15) is 0 Å². The Balaban J connectivity index is 1.57. The largest absolute Gasteiger partial charge is 0.490 e. The maximum atomic E-state index is 12.9. The summed E-state index contributed by atoms with van der Waals surface area (Å²) in [5.41, 5.74) is 3.55. The van der Waals surface area contributed by atoms with E-state index in [0.29, 0.717) is 29.4 Å². The molecule has 0 aliphatic carbocycles. The molecule has 2 aliphatic rings. The van der Waals surface area contributed by atoms with E-state index in [1.807, 2.05) is 67.6 Å². The number of amides is 1. The summed E-state index contributed by atoms with van der Waals surface area (Å²) >= 11 is 4.92. The molecule has 1 atom stereocenters. The van der Waals surface area contributed by atoms with Crippen LogP contribution in [0, 0.1) is 6.92 Å². The third-order valence-electron chi connectivity index (χ3n) is 5.72. The van der Waals surface area contributed by atoms with E-state index in [0.717, 1.165) is 26.5 Å². The molecule has 0 saturated heterocycles. The van der Waals surface area contributed by atoms with Crippen molar-refractivity contribution >= 4 is 50.4 Å². The zero-order valence-corrected chi connectivity index (χ0v) is 23.4. The van der Waals surface area contributed by atoms with Gasteiger partial charge in [-0.3, -0.25) is 4.79 Å². The number of carbonyl (C=O) groups is 2. The summed E-state index contributed by atoms with van der Waals surface area (Å²) in [5, 5.41) is 5.59. The van der Waals surface area contributed by atoms with Gasteiger partial charge in [-0.05, 0) is 74.6 Å². The lowest BCUT2D eigenvalue weighted by molar-refractivity contribution is -0.139. The summed E-state index contributed by atoms with van der Waals surface area (Å²) in [6.07, 6.45) is 1.90. The van der Waals surface area contributed by atoms with Crippen LogP contribution in [-0.2, 0) is 14.3 Å². The minimum absolute atomic E-state index is 0.187. The normalized spacial score (nSPS) is 16.3. The van der Waals surface area contributed by atoms with Crippen LogP contribution in [0.2, 0.25) is 0 Å². The Morgan fingerprint density at radius 3 is 2.62 bits per heavy atom. The van der Waals surface area contributed by atoms with Crippen molar-refractivity contribution in [3.05, 3.63) is 74.9 Å². The Kier molecular flexibility index (Phi) is 8.60. The second-order valence-corrected chi connectivity index (χ2v) is 10.1. The van der Waals surface area contributed by atoms with Crippen LogP contribution in [0.4, 0.5) is 5.69 Å². The van der Waals surface area contributed by atoms with E-state index in [1.165, 1.54) is 11.8 Å². The highest BCUT2D eigenvalue weighted by atomic mass is 79.9. The smallest absolute Gasteiger partial charge is 0.338 e. The lowest BCUT2D eigenvalue weighted by Gasteiger charge is -2.33. The van der Waals surface area contributed by atoms with E-state index in [1.54, 1.807) is 13.0 Å². The first-order valence-electron chi connectivity index (χ1n) is 11.9. The molecule has 0 aromatic heterocycles. The molecule has 0 fully saturated rings. The van der Waals surface area contributed by atoms with Crippen LogP contribution >= 0.6 is 27.7 Å². The molecular weight excluding hydrogens is 558 g/mol. The van der Waals surface area contributed by atoms with Gasteiger partial charge in [0, 0.05) is 16.4 Å². The fourth-order valence-electron chi connectivity index (χ4n) is 4.08. The van der Waals surface area contributed by atoms with E-state index in [4.69, 9.17) is 14.2 Å². The zero-order valence-electron chi connectivity index (χ0n) is 21.0. The number of aliphatic imine (C=N–C) groups is 1. The molecule has 0 spiro atoms. The van der Waals surface area contributed by atoms with Gasteiger partial charge in [-0.25, -0.2) is 9.79 Å². The number of nitrogens with zero attached hydrogens (tertiary/aromatic N) is 2. The highest BCUT2D eigenvalue weighted by Gasteiger charge is 2.37. The number of ether oxygens (including phenoxy) is 3. The third kappa shape index (κ3) is 6.02. The zero-order chi connectivity index (χ0) is 26.5. The molecule has 8 nitrogen and oxygen atoms in total. The summed E-state index contributed by atoms with van der Waals surface area (Å²) < 4.78 is 18.0. The number of hydrogen-bond donors (Lipinski definition) is 1. The molecule has 0 radical (unpaired) electrons.